The molecule has 5 nitrogen and oxygen atoms in total. The van der Waals surface area contributed by atoms with E-state index in [0.29, 0.717) is 13.1 Å². The minimum absolute atomic E-state index is 0.131. The summed E-state index contributed by atoms with van der Waals surface area (Å²) in [6.07, 6.45) is 3.28. The van der Waals surface area contributed by atoms with Gasteiger partial charge in [0.1, 0.15) is 17.5 Å². The molecule has 0 spiro atoms. The number of rotatable bonds is 2. The zero-order valence-corrected chi connectivity index (χ0v) is 13.3. The van der Waals surface area contributed by atoms with Crippen LogP contribution >= 0.6 is 0 Å². The number of hydrogen-bond donors (Lipinski definition) is 0. The minimum Gasteiger partial charge on any atom is -0.488 e. The van der Waals surface area contributed by atoms with Crippen LogP contribution in [0.3, 0.4) is 0 Å². The Hall–Kier alpha value is -1.78. The van der Waals surface area contributed by atoms with Crippen molar-refractivity contribution in [3.8, 4) is 5.75 Å². The van der Waals surface area contributed by atoms with Crippen molar-refractivity contribution in [3.05, 3.63) is 24.0 Å². The van der Waals surface area contributed by atoms with Gasteiger partial charge in [0.05, 0.1) is 5.69 Å². The summed E-state index contributed by atoms with van der Waals surface area (Å²) >= 11 is 0. The van der Waals surface area contributed by atoms with Crippen LogP contribution in [0.2, 0.25) is 0 Å². The van der Waals surface area contributed by atoms with Crippen LogP contribution in [0.15, 0.2) is 18.3 Å². The van der Waals surface area contributed by atoms with Crippen LogP contribution < -0.4 is 4.74 Å². The summed E-state index contributed by atoms with van der Waals surface area (Å²) in [5.41, 5.74) is 0.448. The molecule has 1 aliphatic rings. The molecular weight excluding hydrogens is 268 g/mol. The Morgan fingerprint density at radius 3 is 2.57 bits per heavy atom. The van der Waals surface area contributed by atoms with E-state index in [1.165, 1.54) is 0 Å². The first-order valence-corrected chi connectivity index (χ1v) is 7.41. The van der Waals surface area contributed by atoms with E-state index in [9.17, 15) is 4.79 Å². The third-order valence-corrected chi connectivity index (χ3v) is 3.35. The van der Waals surface area contributed by atoms with Gasteiger partial charge in [0.15, 0.2) is 0 Å². The number of nitrogens with zero attached hydrogens (tertiary/aromatic N) is 2. The summed E-state index contributed by atoms with van der Waals surface area (Å²) in [6.45, 7) is 8.91. The quantitative estimate of drug-likeness (QED) is 0.840. The Morgan fingerprint density at radius 1 is 1.33 bits per heavy atom. The van der Waals surface area contributed by atoms with Crippen molar-refractivity contribution < 1.29 is 14.3 Å². The number of amides is 1. The van der Waals surface area contributed by atoms with Crippen molar-refractivity contribution in [2.24, 2.45) is 0 Å². The number of aryl methyl sites for hydroxylation is 1. The van der Waals surface area contributed by atoms with Crippen molar-refractivity contribution >= 4 is 6.09 Å². The van der Waals surface area contributed by atoms with E-state index in [1.54, 1.807) is 11.1 Å². The van der Waals surface area contributed by atoms with Gasteiger partial charge in [-0.3, -0.25) is 4.98 Å². The Labute approximate surface area is 126 Å². The molecule has 0 radical (unpaired) electrons. The number of pyridine rings is 1. The zero-order chi connectivity index (χ0) is 15.5. The lowest BCUT2D eigenvalue weighted by Gasteiger charge is -2.33. The summed E-state index contributed by atoms with van der Waals surface area (Å²) < 4.78 is 11.4. The average Bonchev–Trinajstić information content (AvgIpc) is 2.40. The molecule has 1 aromatic rings. The molecule has 1 fully saturated rings. The first kappa shape index (κ1) is 15.6. The lowest BCUT2D eigenvalue weighted by Crippen LogP contribution is -2.44. The maximum Gasteiger partial charge on any atom is 0.410 e. The van der Waals surface area contributed by atoms with Gasteiger partial charge in [-0.2, -0.15) is 0 Å². The molecule has 0 aromatic carbocycles. The molecule has 0 unspecified atom stereocenters. The second-order valence-electron chi connectivity index (χ2n) is 6.37. The Kier molecular flexibility index (Phi) is 4.70. The molecule has 1 aliphatic heterocycles. The van der Waals surface area contributed by atoms with E-state index in [1.807, 2.05) is 39.8 Å². The maximum absolute atomic E-state index is 12.0. The van der Waals surface area contributed by atoms with Gasteiger partial charge in [-0.25, -0.2) is 4.79 Å². The van der Waals surface area contributed by atoms with E-state index in [4.69, 9.17) is 9.47 Å². The number of carbonyl (C=O) groups excluding carboxylic acids is 1. The van der Waals surface area contributed by atoms with E-state index in [0.717, 1.165) is 24.3 Å². The molecule has 0 saturated carbocycles. The fourth-order valence-electron chi connectivity index (χ4n) is 2.26. The fourth-order valence-corrected chi connectivity index (χ4v) is 2.26. The SMILES string of the molecule is Cc1ncccc1OC1CCN(C(=O)OC(C)(C)C)CC1. The van der Waals surface area contributed by atoms with E-state index in [-0.39, 0.29) is 12.2 Å². The van der Waals surface area contributed by atoms with Gasteiger partial charge >= 0.3 is 6.09 Å². The van der Waals surface area contributed by atoms with Crippen molar-refractivity contribution in [2.75, 3.05) is 13.1 Å². The average molecular weight is 292 g/mol. The summed E-state index contributed by atoms with van der Waals surface area (Å²) in [4.78, 5) is 18.0. The van der Waals surface area contributed by atoms with Crippen LogP contribution in [-0.2, 0) is 4.74 Å². The van der Waals surface area contributed by atoms with Crippen molar-refractivity contribution in [1.82, 2.24) is 9.88 Å². The molecule has 0 aliphatic carbocycles. The molecule has 2 rings (SSSR count). The highest BCUT2D eigenvalue weighted by molar-refractivity contribution is 5.68. The molecule has 1 amide bonds. The summed E-state index contributed by atoms with van der Waals surface area (Å²) in [5.74, 6) is 0.827. The molecule has 116 valence electrons. The van der Waals surface area contributed by atoms with Crippen LogP contribution in [0.1, 0.15) is 39.3 Å². The number of ether oxygens (including phenoxy) is 2. The highest BCUT2D eigenvalue weighted by Gasteiger charge is 2.27. The summed E-state index contributed by atoms with van der Waals surface area (Å²) in [5, 5.41) is 0. The first-order chi connectivity index (χ1) is 9.85. The van der Waals surface area contributed by atoms with Gasteiger partial charge in [-0.05, 0) is 39.8 Å². The zero-order valence-electron chi connectivity index (χ0n) is 13.3. The smallest absolute Gasteiger partial charge is 0.410 e. The molecule has 21 heavy (non-hydrogen) atoms. The van der Waals surface area contributed by atoms with E-state index in [2.05, 4.69) is 4.98 Å². The standard InChI is InChI=1S/C16H24N2O3/c1-12-14(6-5-9-17-12)20-13-7-10-18(11-8-13)15(19)21-16(2,3)4/h5-6,9,13H,7-8,10-11H2,1-4H3. The molecule has 0 N–H and O–H groups in total. The highest BCUT2D eigenvalue weighted by atomic mass is 16.6. The van der Waals surface area contributed by atoms with Gasteiger partial charge in [0.2, 0.25) is 0 Å². The normalized spacial score (nSPS) is 16.7. The van der Waals surface area contributed by atoms with Gasteiger partial charge in [0, 0.05) is 32.1 Å². The number of carbonyl (C=O) groups is 1. The molecule has 0 bridgehead atoms. The van der Waals surface area contributed by atoms with Crippen molar-refractivity contribution in [3.63, 3.8) is 0 Å². The minimum atomic E-state index is -0.447. The third-order valence-electron chi connectivity index (χ3n) is 3.35. The molecule has 5 heteroatoms. The second kappa shape index (κ2) is 6.33. The Balaban J connectivity index is 1.83. The lowest BCUT2D eigenvalue weighted by molar-refractivity contribution is 0.0125. The van der Waals surface area contributed by atoms with Gasteiger partial charge in [-0.1, -0.05) is 0 Å². The molecule has 1 aromatic heterocycles. The van der Waals surface area contributed by atoms with Gasteiger partial charge in [0.25, 0.3) is 0 Å². The van der Waals surface area contributed by atoms with Crippen LogP contribution in [0.5, 0.6) is 5.75 Å². The number of piperidine rings is 1. The van der Waals surface area contributed by atoms with Crippen LogP contribution in [0.4, 0.5) is 4.79 Å². The lowest BCUT2D eigenvalue weighted by atomic mass is 10.1. The molecule has 1 saturated heterocycles. The molecule has 2 heterocycles. The van der Waals surface area contributed by atoms with Gasteiger partial charge < -0.3 is 14.4 Å². The third kappa shape index (κ3) is 4.62. The predicted octanol–water partition coefficient (Wildman–Crippen LogP) is 3.17. The second-order valence-corrected chi connectivity index (χ2v) is 6.37. The van der Waals surface area contributed by atoms with Gasteiger partial charge in [-0.15, -0.1) is 0 Å². The predicted molar refractivity (Wildman–Crippen MR) is 80.4 cm³/mol. The molecular formula is C16H24N2O3. The number of hydrogen-bond acceptors (Lipinski definition) is 4. The molecule has 0 atom stereocenters. The number of likely N-dealkylation sites (tertiary alicyclic amines) is 1. The highest BCUT2D eigenvalue weighted by Crippen LogP contribution is 2.22. The van der Waals surface area contributed by atoms with Crippen LogP contribution in [0.25, 0.3) is 0 Å². The van der Waals surface area contributed by atoms with E-state index < -0.39 is 5.60 Å². The maximum atomic E-state index is 12.0. The fraction of sp³-hybridized carbons (Fsp3) is 0.625. The topological polar surface area (TPSA) is 51.7 Å². The number of aromatic nitrogens is 1. The van der Waals surface area contributed by atoms with Crippen molar-refractivity contribution in [1.29, 1.82) is 0 Å². The summed E-state index contributed by atoms with van der Waals surface area (Å²) in [6, 6.07) is 3.81. The summed E-state index contributed by atoms with van der Waals surface area (Å²) in [7, 11) is 0. The Bertz CT molecular complexity index is 489. The van der Waals surface area contributed by atoms with Crippen molar-refractivity contribution in [2.45, 2.75) is 52.2 Å². The van der Waals surface area contributed by atoms with Crippen LogP contribution in [0, 0.1) is 6.92 Å². The largest absolute Gasteiger partial charge is 0.488 e. The van der Waals surface area contributed by atoms with Crippen LogP contribution in [-0.4, -0.2) is 40.8 Å². The first-order valence-electron chi connectivity index (χ1n) is 7.41. The monoisotopic (exact) mass is 292 g/mol. The Morgan fingerprint density at radius 2 is 2.00 bits per heavy atom. The van der Waals surface area contributed by atoms with E-state index >= 15 is 0 Å².